The van der Waals surface area contributed by atoms with E-state index in [4.69, 9.17) is 10.5 Å². The normalized spacial score (nSPS) is 12.9. The number of benzene rings is 1. The summed E-state index contributed by atoms with van der Waals surface area (Å²) in [6.07, 6.45) is 0. The molecule has 0 heterocycles. The lowest BCUT2D eigenvalue weighted by molar-refractivity contribution is 0.269. The van der Waals surface area contributed by atoms with Crippen LogP contribution in [0.25, 0.3) is 0 Å². The van der Waals surface area contributed by atoms with E-state index in [0.29, 0.717) is 23.8 Å². The molecule has 15 heavy (non-hydrogen) atoms. The van der Waals surface area contributed by atoms with Crippen LogP contribution in [0.15, 0.2) is 18.2 Å². The highest BCUT2D eigenvalue weighted by molar-refractivity contribution is 5.30. The molecule has 0 unspecified atom stereocenters. The first-order chi connectivity index (χ1) is 7.00. The summed E-state index contributed by atoms with van der Waals surface area (Å²) in [4.78, 5) is 0. The van der Waals surface area contributed by atoms with Crippen LogP contribution in [0.3, 0.4) is 0 Å². The lowest BCUT2D eigenvalue weighted by atomic mass is 10.1. The Bertz CT molecular complexity index is 323. The van der Waals surface area contributed by atoms with E-state index in [-0.39, 0.29) is 11.9 Å². The Morgan fingerprint density at radius 1 is 1.33 bits per heavy atom. The lowest BCUT2D eigenvalue weighted by Gasteiger charge is -2.11. The molecule has 3 heteroatoms. The van der Waals surface area contributed by atoms with Crippen LogP contribution in [0.5, 0.6) is 5.75 Å². The van der Waals surface area contributed by atoms with Crippen molar-refractivity contribution >= 4 is 0 Å². The topological polar surface area (TPSA) is 35.2 Å². The quantitative estimate of drug-likeness (QED) is 0.831. The minimum Gasteiger partial charge on any atom is -0.493 e. The fraction of sp³-hybridized carbons (Fsp3) is 0.500. The number of nitrogens with two attached hydrogens (primary N) is 1. The molecule has 0 aromatic heterocycles. The first-order valence-corrected chi connectivity index (χ1v) is 5.18. The Kier molecular flexibility index (Phi) is 4.09. The largest absolute Gasteiger partial charge is 0.493 e. The number of hydrogen-bond acceptors (Lipinski definition) is 2. The third-order valence-electron chi connectivity index (χ3n) is 2.05. The van der Waals surface area contributed by atoms with Crippen molar-refractivity contribution in [2.75, 3.05) is 6.61 Å². The van der Waals surface area contributed by atoms with E-state index in [2.05, 4.69) is 0 Å². The molecule has 2 N–H and O–H groups in total. The van der Waals surface area contributed by atoms with Crippen LogP contribution in [0.2, 0.25) is 0 Å². The molecule has 0 spiro atoms. The monoisotopic (exact) mass is 211 g/mol. The van der Waals surface area contributed by atoms with Crippen molar-refractivity contribution < 1.29 is 9.13 Å². The van der Waals surface area contributed by atoms with Crippen molar-refractivity contribution in [3.05, 3.63) is 29.6 Å². The molecular weight excluding hydrogens is 193 g/mol. The summed E-state index contributed by atoms with van der Waals surface area (Å²) >= 11 is 0. The molecule has 0 saturated carbocycles. The molecule has 0 aliphatic carbocycles. The SMILES string of the molecule is CC(C)COc1ccc([C@@H](C)N)c(F)c1. The maximum atomic E-state index is 13.5. The maximum absolute atomic E-state index is 13.5. The van der Waals surface area contributed by atoms with Gasteiger partial charge in [0.05, 0.1) is 6.61 Å². The predicted octanol–water partition coefficient (Wildman–Crippen LogP) is 2.88. The van der Waals surface area contributed by atoms with E-state index in [9.17, 15) is 4.39 Å². The molecule has 0 saturated heterocycles. The lowest BCUT2D eigenvalue weighted by Crippen LogP contribution is -2.08. The molecule has 84 valence electrons. The number of hydrogen-bond donors (Lipinski definition) is 1. The van der Waals surface area contributed by atoms with Crippen molar-refractivity contribution in [2.45, 2.75) is 26.8 Å². The maximum Gasteiger partial charge on any atom is 0.131 e. The third kappa shape index (κ3) is 3.51. The fourth-order valence-corrected chi connectivity index (χ4v) is 1.23. The summed E-state index contributed by atoms with van der Waals surface area (Å²) < 4.78 is 18.9. The first-order valence-electron chi connectivity index (χ1n) is 5.18. The molecule has 0 amide bonds. The van der Waals surface area contributed by atoms with E-state index in [0.717, 1.165) is 0 Å². The van der Waals surface area contributed by atoms with Gasteiger partial charge in [0.15, 0.2) is 0 Å². The second kappa shape index (κ2) is 5.12. The minimum atomic E-state index is -0.300. The average molecular weight is 211 g/mol. The summed E-state index contributed by atoms with van der Waals surface area (Å²) in [5, 5.41) is 0. The Morgan fingerprint density at radius 2 is 2.00 bits per heavy atom. The number of rotatable bonds is 4. The number of ether oxygens (including phenoxy) is 1. The Hall–Kier alpha value is -1.09. The van der Waals surface area contributed by atoms with Gasteiger partial charge in [0.1, 0.15) is 11.6 Å². The first kappa shape index (κ1) is 12.0. The highest BCUT2D eigenvalue weighted by Gasteiger charge is 2.08. The molecule has 1 atom stereocenters. The molecule has 0 radical (unpaired) electrons. The van der Waals surface area contributed by atoms with E-state index >= 15 is 0 Å². The van der Waals surface area contributed by atoms with Crippen LogP contribution in [-0.2, 0) is 0 Å². The molecule has 0 aliphatic rings. The van der Waals surface area contributed by atoms with Gasteiger partial charge in [-0.05, 0) is 18.9 Å². The molecule has 0 bridgehead atoms. The summed E-state index contributed by atoms with van der Waals surface area (Å²) in [7, 11) is 0. The standard InChI is InChI=1S/C12H18FNO/c1-8(2)7-15-10-4-5-11(9(3)14)12(13)6-10/h4-6,8-9H,7,14H2,1-3H3/t9-/m1/s1. The zero-order valence-electron chi connectivity index (χ0n) is 9.46. The molecule has 2 nitrogen and oxygen atoms in total. The van der Waals surface area contributed by atoms with Gasteiger partial charge in [-0.2, -0.15) is 0 Å². The Labute approximate surface area is 90.2 Å². The van der Waals surface area contributed by atoms with Crippen molar-refractivity contribution in [2.24, 2.45) is 11.7 Å². The van der Waals surface area contributed by atoms with E-state index in [1.54, 1.807) is 19.1 Å². The van der Waals surface area contributed by atoms with Gasteiger partial charge in [-0.1, -0.05) is 19.9 Å². The summed E-state index contributed by atoms with van der Waals surface area (Å²) in [6.45, 7) is 6.45. The van der Waals surface area contributed by atoms with Crippen LogP contribution in [0.1, 0.15) is 32.4 Å². The molecule has 1 aromatic carbocycles. The van der Waals surface area contributed by atoms with Gasteiger partial charge in [0, 0.05) is 17.7 Å². The molecule has 1 aromatic rings. The van der Waals surface area contributed by atoms with Gasteiger partial charge in [0.2, 0.25) is 0 Å². The minimum absolute atomic E-state index is 0.288. The highest BCUT2D eigenvalue weighted by atomic mass is 19.1. The molecule has 0 fully saturated rings. The summed E-state index contributed by atoms with van der Waals surface area (Å²) in [6, 6.07) is 4.53. The fourth-order valence-electron chi connectivity index (χ4n) is 1.23. The Balaban J connectivity index is 2.73. The van der Waals surface area contributed by atoms with Crippen LogP contribution in [-0.4, -0.2) is 6.61 Å². The van der Waals surface area contributed by atoms with Crippen LogP contribution in [0, 0.1) is 11.7 Å². The van der Waals surface area contributed by atoms with Gasteiger partial charge in [-0.3, -0.25) is 0 Å². The highest BCUT2D eigenvalue weighted by Crippen LogP contribution is 2.20. The van der Waals surface area contributed by atoms with E-state index < -0.39 is 0 Å². The van der Waals surface area contributed by atoms with Crippen molar-refractivity contribution in [3.8, 4) is 5.75 Å². The molecule has 1 rings (SSSR count). The van der Waals surface area contributed by atoms with Crippen molar-refractivity contribution in [1.29, 1.82) is 0 Å². The van der Waals surface area contributed by atoms with E-state index in [1.807, 2.05) is 13.8 Å². The molecular formula is C12H18FNO. The van der Waals surface area contributed by atoms with Crippen LogP contribution < -0.4 is 10.5 Å². The van der Waals surface area contributed by atoms with Crippen LogP contribution >= 0.6 is 0 Å². The zero-order valence-corrected chi connectivity index (χ0v) is 9.46. The second-order valence-electron chi connectivity index (χ2n) is 4.18. The number of halogens is 1. The summed E-state index contributed by atoms with van der Waals surface area (Å²) in [5.41, 5.74) is 6.13. The van der Waals surface area contributed by atoms with Crippen LogP contribution in [0.4, 0.5) is 4.39 Å². The van der Waals surface area contributed by atoms with E-state index in [1.165, 1.54) is 6.07 Å². The smallest absolute Gasteiger partial charge is 0.131 e. The average Bonchev–Trinajstić information content (AvgIpc) is 2.14. The Morgan fingerprint density at radius 3 is 2.47 bits per heavy atom. The second-order valence-corrected chi connectivity index (χ2v) is 4.18. The van der Waals surface area contributed by atoms with Crippen molar-refractivity contribution in [3.63, 3.8) is 0 Å². The van der Waals surface area contributed by atoms with Gasteiger partial charge in [-0.15, -0.1) is 0 Å². The van der Waals surface area contributed by atoms with Gasteiger partial charge in [-0.25, -0.2) is 4.39 Å². The third-order valence-corrected chi connectivity index (χ3v) is 2.05. The van der Waals surface area contributed by atoms with Gasteiger partial charge < -0.3 is 10.5 Å². The summed E-state index contributed by atoms with van der Waals surface area (Å²) in [5.74, 6) is 0.693. The van der Waals surface area contributed by atoms with Gasteiger partial charge >= 0.3 is 0 Å². The van der Waals surface area contributed by atoms with Crippen molar-refractivity contribution in [1.82, 2.24) is 0 Å². The predicted molar refractivity (Wildman–Crippen MR) is 59.3 cm³/mol. The molecule has 0 aliphatic heterocycles. The van der Waals surface area contributed by atoms with Gasteiger partial charge in [0.25, 0.3) is 0 Å². The zero-order chi connectivity index (χ0) is 11.4.